The number of rotatable bonds is 5. The van der Waals surface area contributed by atoms with Crippen LogP contribution in [-0.2, 0) is 4.43 Å². The second-order valence-corrected chi connectivity index (χ2v) is 11.2. The Balaban J connectivity index is 4.43. The molecule has 1 N–H and O–H groups in total. The number of terminal acetylenes is 1. The minimum atomic E-state index is -1.67. The zero-order chi connectivity index (χ0) is 14.6. The van der Waals surface area contributed by atoms with E-state index in [1.165, 1.54) is 0 Å². The van der Waals surface area contributed by atoms with Crippen molar-refractivity contribution in [1.29, 1.82) is 0 Å². The molecule has 0 radical (unpaired) electrons. The van der Waals surface area contributed by atoms with Crippen LogP contribution in [0.4, 0.5) is 0 Å². The van der Waals surface area contributed by atoms with Crippen molar-refractivity contribution in [3.63, 3.8) is 0 Å². The molecule has 0 saturated heterocycles. The van der Waals surface area contributed by atoms with Crippen LogP contribution in [0.2, 0.25) is 18.1 Å². The van der Waals surface area contributed by atoms with E-state index in [1.807, 2.05) is 13.8 Å². The molecular formula is C15H28O2Si. The highest BCUT2D eigenvalue weighted by atomic mass is 28.4. The molecule has 0 amide bonds. The number of hydrogen-bond donors (Lipinski definition) is 1. The Morgan fingerprint density at radius 3 is 2.22 bits per heavy atom. The Morgan fingerprint density at radius 1 is 1.33 bits per heavy atom. The molecule has 0 rings (SSSR count). The van der Waals surface area contributed by atoms with Crippen molar-refractivity contribution >= 4 is 8.32 Å². The zero-order valence-electron chi connectivity index (χ0n) is 12.9. The molecule has 0 aliphatic heterocycles. The summed E-state index contributed by atoms with van der Waals surface area (Å²) >= 11 is 0. The first-order valence-electron chi connectivity index (χ1n) is 6.47. The average Bonchev–Trinajstić information content (AvgIpc) is 2.24. The summed E-state index contributed by atoms with van der Waals surface area (Å²) in [6.45, 7) is 15.8. The second kappa shape index (κ2) is 6.56. The molecule has 0 saturated carbocycles. The minimum Gasteiger partial charge on any atom is -0.417 e. The lowest BCUT2D eigenvalue weighted by Gasteiger charge is -2.36. The summed E-state index contributed by atoms with van der Waals surface area (Å²) in [5.74, 6) is 2.34. The molecule has 18 heavy (non-hydrogen) atoms. The molecule has 0 aromatic rings. The van der Waals surface area contributed by atoms with Gasteiger partial charge in [0.2, 0.25) is 0 Å². The van der Waals surface area contributed by atoms with Crippen molar-refractivity contribution in [1.82, 2.24) is 0 Å². The van der Waals surface area contributed by atoms with Crippen LogP contribution in [0.3, 0.4) is 0 Å². The molecule has 3 heteroatoms. The van der Waals surface area contributed by atoms with Gasteiger partial charge >= 0.3 is 0 Å². The van der Waals surface area contributed by atoms with Crippen LogP contribution >= 0.6 is 0 Å². The molecule has 0 aromatic carbocycles. The Kier molecular flexibility index (Phi) is 6.35. The van der Waals surface area contributed by atoms with Gasteiger partial charge in [0.15, 0.2) is 8.32 Å². The fourth-order valence-corrected chi connectivity index (χ4v) is 2.28. The summed E-state index contributed by atoms with van der Waals surface area (Å²) < 4.78 is 6.10. The van der Waals surface area contributed by atoms with Crippen LogP contribution in [0.15, 0.2) is 11.1 Å². The highest BCUT2D eigenvalue weighted by Gasteiger charge is 2.36. The van der Waals surface area contributed by atoms with E-state index in [1.54, 1.807) is 0 Å². The van der Waals surface area contributed by atoms with Crippen LogP contribution in [0, 0.1) is 12.3 Å². The van der Waals surface area contributed by atoms with E-state index in [0.29, 0.717) is 6.61 Å². The van der Waals surface area contributed by atoms with Gasteiger partial charge in [0.25, 0.3) is 0 Å². The van der Waals surface area contributed by atoms with Gasteiger partial charge in [-0.25, -0.2) is 0 Å². The number of hydrogen-bond acceptors (Lipinski definition) is 2. The third-order valence-corrected chi connectivity index (χ3v) is 8.53. The molecule has 0 fully saturated rings. The van der Waals surface area contributed by atoms with Crippen molar-refractivity contribution in [2.75, 3.05) is 6.61 Å². The average molecular weight is 268 g/mol. The van der Waals surface area contributed by atoms with Gasteiger partial charge in [0, 0.05) is 6.61 Å². The Morgan fingerprint density at radius 2 is 1.83 bits per heavy atom. The van der Waals surface area contributed by atoms with Crippen molar-refractivity contribution in [3.8, 4) is 12.3 Å². The Hall–Kier alpha value is -0.563. The predicted molar refractivity (Wildman–Crippen MR) is 81.0 cm³/mol. The van der Waals surface area contributed by atoms with Crippen LogP contribution < -0.4 is 0 Å². The summed E-state index contributed by atoms with van der Waals surface area (Å²) in [5.41, 5.74) is 2.00. The summed E-state index contributed by atoms with van der Waals surface area (Å²) in [7, 11) is -1.67. The van der Waals surface area contributed by atoms with Crippen LogP contribution in [-0.4, -0.2) is 26.1 Å². The molecule has 0 bridgehead atoms. The van der Waals surface area contributed by atoms with Gasteiger partial charge in [-0.2, -0.15) is 0 Å². The molecule has 2 nitrogen and oxygen atoms in total. The maximum absolute atomic E-state index is 9.56. The lowest BCUT2D eigenvalue weighted by Crippen LogP contribution is -2.41. The van der Waals surface area contributed by atoms with Crippen LogP contribution in [0.25, 0.3) is 0 Å². The minimum absolute atomic E-state index is 0.234. The first-order valence-corrected chi connectivity index (χ1v) is 9.38. The van der Waals surface area contributed by atoms with E-state index in [9.17, 15) is 5.11 Å². The van der Waals surface area contributed by atoms with Crippen molar-refractivity contribution in [3.05, 3.63) is 11.1 Å². The Labute approximate surface area is 114 Å². The third kappa shape index (κ3) is 4.97. The van der Waals surface area contributed by atoms with Gasteiger partial charge in [-0.1, -0.05) is 32.3 Å². The third-order valence-electron chi connectivity index (χ3n) is 3.99. The van der Waals surface area contributed by atoms with Gasteiger partial charge in [0.1, 0.15) is 6.10 Å². The first-order chi connectivity index (χ1) is 8.03. The molecule has 0 heterocycles. The molecule has 0 spiro atoms. The zero-order valence-corrected chi connectivity index (χ0v) is 13.9. The molecule has 1 unspecified atom stereocenters. The maximum atomic E-state index is 9.56. The first kappa shape index (κ1) is 17.4. The van der Waals surface area contributed by atoms with Crippen molar-refractivity contribution in [2.24, 2.45) is 0 Å². The van der Waals surface area contributed by atoms with E-state index in [-0.39, 0.29) is 5.04 Å². The second-order valence-electron chi connectivity index (χ2n) is 6.39. The molecule has 1 atom stereocenters. The maximum Gasteiger partial charge on any atom is 0.191 e. The smallest absolute Gasteiger partial charge is 0.191 e. The summed E-state index contributed by atoms with van der Waals surface area (Å²) in [6.07, 6.45) is 5.27. The quantitative estimate of drug-likeness (QED) is 0.468. The predicted octanol–water partition coefficient (Wildman–Crippen LogP) is 3.73. The molecule has 104 valence electrons. The number of aliphatic hydroxyl groups is 1. The summed E-state index contributed by atoms with van der Waals surface area (Å²) in [4.78, 5) is 0. The SMILES string of the molecule is C#CC(O)/C(C)=C(/C)CCO[Si](C)(C)C(C)(C)C. The van der Waals surface area contributed by atoms with E-state index in [4.69, 9.17) is 10.8 Å². The van der Waals surface area contributed by atoms with E-state index in [2.05, 4.69) is 39.8 Å². The van der Waals surface area contributed by atoms with Gasteiger partial charge in [0.05, 0.1) is 0 Å². The van der Waals surface area contributed by atoms with Gasteiger partial charge in [-0.3, -0.25) is 0 Å². The summed E-state index contributed by atoms with van der Waals surface area (Å²) in [5, 5.41) is 9.79. The fraction of sp³-hybridized carbons (Fsp3) is 0.733. The fourth-order valence-electron chi connectivity index (χ4n) is 1.23. The largest absolute Gasteiger partial charge is 0.417 e. The molecular weight excluding hydrogens is 240 g/mol. The lowest BCUT2D eigenvalue weighted by molar-refractivity contribution is 0.263. The molecule has 0 aliphatic rings. The topological polar surface area (TPSA) is 29.5 Å². The van der Waals surface area contributed by atoms with Crippen LogP contribution in [0.5, 0.6) is 0 Å². The summed E-state index contributed by atoms with van der Waals surface area (Å²) in [6, 6.07) is 0. The normalized spacial score (nSPS) is 15.9. The van der Waals surface area contributed by atoms with Crippen LogP contribution in [0.1, 0.15) is 41.0 Å². The monoisotopic (exact) mass is 268 g/mol. The van der Waals surface area contributed by atoms with Crippen molar-refractivity contribution in [2.45, 2.75) is 65.3 Å². The standard InChI is InChI=1S/C15H28O2Si/c1-9-14(16)13(3)12(2)10-11-17-18(7,8)15(4,5)6/h1,14,16H,10-11H2,2-8H3/b13-12-. The lowest BCUT2D eigenvalue weighted by atomic mass is 10.0. The highest BCUT2D eigenvalue weighted by molar-refractivity contribution is 6.74. The number of aliphatic hydroxyl groups excluding tert-OH is 1. The molecule has 0 aliphatic carbocycles. The van der Waals surface area contributed by atoms with Gasteiger partial charge in [-0.15, -0.1) is 6.42 Å². The van der Waals surface area contributed by atoms with E-state index < -0.39 is 14.4 Å². The van der Waals surface area contributed by atoms with E-state index >= 15 is 0 Å². The molecule has 0 aromatic heterocycles. The highest BCUT2D eigenvalue weighted by Crippen LogP contribution is 2.36. The van der Waals surface area contributed by atoms with Gasteiger partial charge in [-0.05, 0) is 44.0 Å². The van der Waals surface area contributed by atoms with Gasteiger partial charge < -0.3 is 9.53 Å². The Bertz CT molecular complexity index is 342. The van der Waals surface area contributed by atoms with E-state index in [0.717, 1.165) is 17.6 Å². The van der Waals surface area contributed by atoms with Crippen molar-refractivity contribution < 1.29 is 9.53 Å².